The lowest BCUT2D eigenvalue weighted by Crippen LogP contribution is -2.50. The molecule has 9 nitrogen and oxygen atoms in total. The number of carbonyl (C=O) groups excluding carboxylic acids is 2. The van der Waals surface area contributed by atoms with Gasteiger partial charge in [-0.25, -0.2) is 9.97 Å². The van der Waals surface area contributed by atoms with Crippen molar-refractivity contribution < 1.29 is 14.0 Å². The standard InChI is InChI=1S/C19H26N6O3/c1-14-21-15(13-17(22-14)20-6-7-23(2)3)18(26)24-8-10-25(11-9-24)19(27)16-5-4-12-28-16/h4-5,12-13H,6-11H2,1-3H3,(H,20,21,22). The highest BCUT2D eigenvalue weighted by atomic mass is 16.3. The van der Waals surface area contributed by atoms with Crippen LogP contribution in [-0.4, -0.2) is 89.8 Å². The third kappa shape index (κ3) is 4.86. The molecule has 0 radical (unpaired) electrons. The first kappa shape index (κ1) is 19.8. The summed E-state index contributed by atoms with van der Waals surface area (Å²) >= 11 is 0. The highest BCUT2D eigenvalue weighted by Crippen LogP contribution is 2.13. The average molecular weight is 386 g/mol. The minimum absolute atomic E-state index is 0.147. The lowest BCUT2D eigenvalue weighted by atomic mass is 10.2. The van der Waals surface area contributed by atoms with Gasteiger partial charge in [0.15, 0.2) is 5.76 Å². The third-order valence-electron chi connectivity index (χ3n) is 4.51. The number of nitrogens with one attached hydrogen (secondary N) is 1. The summed E-state index contributed by atoms with van der Waals surface area (Å²) in [5.41, 5.74) is 0.366. The Hall–Kier alpha value is -2.94. The molecule has 0 atom stereocenters. The molecule has 1 aliphatic heterocycles. The number of likely N-dealkylation sites (N-methyl/N-ethyl adjacent to an activating group) is 1. The number of carbonyl (C=O) groups is 2. The Bertz CT molecular complexity index is 813. The molecular weight excluding hydrogens is 360 g/mol. The van der Waals surface area contributed by atoms with E-state index in [2.05, 4.69) is 20.2 Å². The minimum Gasteiger partial charge on any atom is -0.459 e. The van der Waals surface area contributed by atoms with Gasteiger partial charge in [-0.15, -0.1) is 0 Å². The second-order valence-corrected chi connectivity index (χ2v) is 6.98. The Morgan fingerprint density at radius 3 is 2.43 bits per heavy atom. The topological polar surface area (TPSA) is 94.8 Å². The maximum Gasteiger partial charge on any atom is 0.289 e. The SMILES string of the molecule is Cc1nc(NCCN(C)C)cc(C(=O)N2CCN(C(=O)c3ccco3)CC2)n1. The van der Waals surface area contributed by atoms with E-state index in [1.165, 1.54) is 6.26 Å². The Morgan fingerprint density at radius 2 is 1.82 bits per heavy atom. The molecule has 150 valence electrons. The Labute approximate surface area is 164 Å². The molecule has 3 rings (SSSR count). The van der Waals surface area contributed by atoms with E-state index in [1.807, 2.05) is 14.1 Å². The van der Waals surface area contributed by atoms with Crippen molar-refractivity contribution in [1.29, 1.82) is 0 Å². The van der Waals surface area contributed by atoms with Crippen molar-refractivity contribution in [3.8, 4) is 0 Å². The fourth-order valence-electron chi connectivity index (χ4n) is 3.01. The summed E-state index contributed by atoms with van der Waals surface area (Å²) in [4.78, 5) is 39.3. The summed E-state index contributed by atoms with van der Waals surface area (Å²) in [6.45, 7) is 5.19. The summed E-state index contributed by atoms with van der Waals surface area (Å²) < 4.78 is 5.17. The van der Waals surface area contributed by atoms with Gasteiger partial charge >= 0.3 is 0 Å². The molecule has 0 unspecified atom stereocenters. The third-order valence-corrected chi connectivity index (χ3v) is 4.51. The molecule has 0 aromatic carbocycles. The van der Waals surface area contributed by atoms with Crippen LogP contribution in [0.5, 0.6) is 0 Å². The number of piperazine rings is 1. The lowest BCUT2D eigenvalue weighted by molar-refractivity contribution is 0.0515. The van der Waals surface area contributed by atoms with E-state index >= 15 is 0 Å². The van der Waals surface area contributed by atoms with Crippen LogP contribution in [0.4, 0.5) is 5.82 Å². The molecule has 1 fully saturated rings. The first-order valence-electron chi connectivity index (χ1n) is 9.30. The predicted molar refractivity (Wildman–Crippen MR) is 104 cm³/mol. The molecule has 2 aromatic heterocycles. The molecule has 9 heteroatoms. The van der Waals surface area contributed by atoms with E-state index in [0.717, 1.165) is 13.1 Å². The van der Waals surface area contributed by atoms with Crippen molar-refractivity contribution >= 4 is 17.6 Å². The van der Waals surface area contributed by atoms with Crippen LogP contribution in [0.1, 0.15) is 26.9 Å². The molecule has 3 heterocycles. The second kappa shape index (κ2) is 8.83. The van der Waals surface area contributed by atoms with E-state index in [9.17, 15) is 9.59 Å². The zero-order valence-corrected chi connectivity index (χ0v) is 16.5. The summed E-state index contributed by atoms with van der Waals surface area (Å²) in [5.74, 6) is 1.21. The number of rotatable bonds is 6. The van der Waals surface area contributed by atoms with Gasteiger partial charge in [0, 0.05) is 45.3 Å². The van der Waals surface area contributed by atoms with Gasteiger partial charge in [0.25, 0.3) is 11.8 Å². The van der Waals surface area contributed by atoms with Gasteiger partial charge in [-0.3, -0.25) is 9.59 Å². The molecular formula is C19H26N6O3. The fraction of sp³-hybridized carbons (Fsp3) is 0.474. The molecule has 0 spiro atoms. The van der Waals surface area contributed by atoms with E-state index in [4.69, 9.17) is 4.42 Å². The molecule has 0 bridgehead atoms. The minimum atomic E-state index is -0.151. The number of anilines is 1. The molecule has 1 N–H and O–H groups in total. The molecule has 1 aliphatic rings. The highest BCUT2D eigenvalue weighted by molar-refractivity contribution is 5.94. The summed E-state index contributed by atoms with van der Waals surface area (Å²) in [6, 6.07) is 5.02. The van der Waals surface area contributed by atoms with Crippen LogP contribution in [0.25, 0.3) is 0 Å². The van der Waals surface area contributed by atoms with E-state index in [1.54, 1.807) is 34.9 Å². The van der Waals surface area contributed by atoms with Crippen LogP contribution < -0.4 is 5.32 Å². The number of hydrogen-bond donors (Lipinski definition) is 1. The normalized spacial score (nSPS) is 14.4. The van der Waals surface area contributed by atoms with Crippen LogP contribution >= 0.6 is 0 Å². The van der Waals surface area contributed by atoms with Crippen LogP contribution in [0.2, 0.25) is 0 Å². The zero-order chi connectivity index (χ0) is 20.1. The maximum atomic E-state index is 12.9. The zero-order valence-electron chi connectivity index (χ0n) is 16.5. The van der Waals surface area contributed by atoms with Crippen molar-refractivity contribution in [2.45, 2.75) is 6.92 Å². The average Bonchev–Trinajstić information content (AvgIpc) is 3.21. The molecule has 1 saturated heterocycles. The number of furan rings is 1. The van der Waals surface area contributed by atoms with Gasteiger partial charge in [0.05, 0.1) is 6.26 Å². The second-order valence-electron chi connectivity index (χ2n) is 6.98. The van der Waals surface area contributed by atoms with E-state index < -0.39 is 0 Å². The molecule has 28 heavy (non-hydrogen) atoms. The van der Waals surface area contributed by atoms with Crippen molar-refractivity contribution in [3.63, 3.8) is 0 Å². The Balaban J connectivity index is 1.60. The van der Waals surface area contributed by atoms with Gasteiger partial charge in [-0.2, -0.15) is 0 Å². The highest BCUT2D eigenvalue weighted by Gasteiger charge is 2.27. The number of aromatic nitrogens is 2. The lowest BCUT2D eigenvalue weighted by Gasteiger charge is -2.34. The van der Waals surface area contributed by atoms with Crippen LogP contribution in [0, 0.1) is 6.92 Å². The monoisotopic (exact) mass is 386 g/mol. The maximum absolute atomic E-state index is 12.9. The summed E-state index contributed by atoms with van der Waals surface area (Å²) in [7, 11) is 4.00. The molecule has 2 aromatic rings. The van der Waals surface area contributed by atoms with Crippen LogP contribution in [0.15, 0.2) is 28.9 Å². The molecule has 0 saturated carbocycles. The quantitative estimate of drug-likeness (QED) is 0.790. The predicted octanol–water partition coefficient (Wildman–Crippen LogP) is 0.950. The van der Waals surface area contributed by atoms with Crippen molar-refractivity contribution in [2.75, 3.05) is 58.7 Å². The summed E-state index contributed by atoms with van der Waals surface area (Å²) in [5, 5.41) is 3.23. The molecule has 0 aliphatic carbocycles. The fourth-order valence-corrected chi connectivity index (χ4v) is 3.01. The number of aryl methyl sites for hydroxylation is 1. The Kier molecular flexibility index (Phi) is 6.25. The first-order valence-corrected chi connectivity index (χ1v) is 9.30. The van der Waals surface area contributed by atoms with Gasteiger partial charge in [0.2, 0.25) is 0 Å². The van der Waals surface area contributed by atoms with E-state index in [-0.39, 0.29) is 11.8 Å². The first-order chi connectivity index (χ1) is 13.4. The van der Waals surface area contributed by atoms with E-state index in [0.29, 0.717) is 49.3 Å². The van der Waals surface area contributed by atoms with Crippen molar-refractivity contribution in [1.82, 2.24) is 24.7 Å². The number of hydrogen-bond acceptors (Lipinski definition) is 7. The Morgan fingerprint density at radius 1 is 1.14 bits per heavy atom. The number of amides is 2. The molecule has 2 amide bonds. The number of nitrogens with zero attached hydrogens (tertiary/aromatic N) is 5. The summed E-state index contributed by atoms with van der Waals surface area (Å²) in [6.07, 6.45) is 1.48. The van der Waals surface area contributed by atoms with Crippen molar-refractivity contribution in [2.24, 2.45) is 0 Å². The largest absolute Gasteiger partial charge is 0.459 e. The van der Waals surface area contributed by atoms with Gasteiger partial charge in [-0.1, -0.05) is 0 Å². The van der Waals surface area contributed by atoms with Gasteiger partial charge in [-0.05, 0) is 33.2 Å². The van der Waals surface area contributed by atoms with Gasteiger partial charge < -0.3 is 24.4 Å². The van der Waals surface area contributed by atoms with Crippen molar-refractivity contribution in [3.05, 3.63) is 41.7 Å². The van der Waals surface area contributed by atoms with Crippen LogP contribution in [-0.2, 0) is 0 Å². The smallest absolute Gasteiger partial charge is 0.289 e. The van der Waals surface area contributed by atoms with Crippen LogP contribution in [0.3, 0.4) is 0 Å². The van der Waals surface area contributed by atoms with Gasteiger partial charge in [0.1, 0.15) is 17.3 Å².